The van der Waals surface area contributed by atoms with Gasteiger partial charge in [0.1, 0.15) is 11.2 Å². The van der Waals surface area contributed by atoms with Gasteiger partial charge in [-0.3, -0.25) is 4.57 Å². The molecule has 0 aliphatic heterocycles. The molecule has 0 N–H and O–H groups in total. The van der Waals surface area contributed by atoms with Crippen LogP contribution in [0.15, 0.2) is 186 Å². The number of rotatable bonds is 5. The molecule has 0 unspecified atom stereocenters. The van der Waals surface area contributed by atoms with E-state index in [4.69, 9.17) is 19.4 Å². The van der Waals surface area contributed by atoms with Crippen LogP contribution in [0.2, 0.25) is 0 Å². The zero-order chi connectivity index (χ0) is 40.2. The van der Waals surface area contributed by atoms with E-state index in [0.29, 0.717) is 17.6 Å². The standard InChI is InChI=1S/C54H33N5OS/c1-32-36-16-8-12-25-47(36)61-51(32)33-26-28-35(29-27-33)58-44-22-9-5-17-37(44)40-30-31-41-38-18-6-10-23-45(38)59(49(41)48(40)58)54-56-52(34-14-3-2-4-15-34)55-53(57-54)43-21-13-20-42-39-19-7-11-24-46(39)60-50(42)43/h2-31H,1H3. The molecule has 286 valence electrons. The van der Waals surface area contributed by atoms with E-state index < -0.39 is 0 Å². The third kappa shape index (κ3) is 5.05. The molecule has 0 bridgehead atoms. The van der Waals surface area contributed by atoms with Gasteiger partial charge in [0, 0.05) is 53.1 Å². The lowest BCUT2D eigenvalue weighted by molar-refractivity contribution is 0.669. The molecule has 13 aromatic rings. The summed E-state index contributed by atoms with van der Waals surface area (Å²) in [6.45, 7) is 2.23. The van der Waals surface area contributed by atoms with Crippen molar-refractivity contribution in [2.24, 2.45) is 0 Å². The molecule has 0 atom stereocenters. The number of aromatic nitrogens is 5. The highest BCUT2D eigenvalue weighted by molar-refractivity contribution is 7.22. The fourth-order valence-corrected chi connectivity index (χ4v) is 10.6. The lowest BCUT2D eigenvalue weighted by Crippen LogP contribution is -2.07. The zero-order valence-corrected chi connectivity index (χ0v) is 33.7. The van der Waals surface area contributed by atoms with Gasteiger partial charge in [0.25, 0.3) is 0 Å². The summed E-state index contributed by atoms with van der Waals surface area (Å²) in [6, 6.07) is 64.1. The third-order valence-electron chi connectivity index (χ3n) is 12.2. The van der Waals surface area contributed by atoms with Crippen LogP contribution >= 0.6 is 11.3 Å². The number of hydrogen-bond donors (Lipinski definition) is 0. The topological polar surface area (TPSA) is 61.7 Å². The number of furan rings is 1. The molecule has 0 saturated carbocycles. The Morgan fingerprint density at radius 1 is 0.443 bits per heavy atom. The second-order valence-corrected chi connectivity index (χ2v) is 16.6. The Hall–Kier alpha value is -7.87. The highest BCUT2D eigenvalue weighted by Gasteiger charge is 2.24. The van der Waals surface area contributed by atoms with Crippen LogP contribution in [0.25, 0.3) is 120 Å². The first-order valence-electron chi connectivity index (χ1n) is 20.4. The summed E-state index contributed by atoms with van der Waals surface area (Å²) in [7, 11) is 0. The zero-order valence-electron chi connectivity index (χ0n) is 32.9. The van der Waals surface area contributed by atoms with Crippen molar-refractivity contribution in [3.63, 3.8) is 0 Å². The predicted molar refractivity (Wildman–Crippen MR) is 252 cm³/mol. The Kier molecular flexibility index (Phi) is 7.29. The minimum atomic E-state index is 0.531. The molecule has 13 rings (SSSR count). The molecular weight excluding hydrogens is 767 g/mol. The van der Waals surface area contributed by atoms with E-state index in [1.54, 1.807) is 0 Å². The number of benzene rings is 8. The highest BCUT2D eigenvalue weighted by atomic mass is 32.1. The minimum absolute atomic E-state index is 0.531. The van der Waals surface area contributed by atoms with Crippen molar-refractivity contribution in [1.82, 2.24) is 24.1 Å². The summed E-state index contributed by atoms with van der Waals surface area (Å²) < 4.78 is 12.5. The van der Waals surface area contributed by atoms with Crippen molar-refractivity contribution in [3.8, 4) is 44.9 Å². The maximum atomic E-state index is 6.56. The van der Waals surface area contributed by atoms with Crippen LogP contribution in [0.4, 0.5) is 0 Å². The van der Waals surface area contributed by atoms with Gasteiger partial charge in [0.05, 0.1) is 27.6 Å². The monoisotopic (exact) mass is 799 g/mol. The van der Waals surface area contributed by atoms with Crippen molar-refractivity contribution >= 4 is 87.0 Å². The maximum Gasteiger partial charge on any atom is 0.238 e. The molecular formula is C54H33N5OS. The Labute approximate surface area is 353 Å². The molecule has 0 saturated heterocycles. The van der Waals surface area contributed by atoms with Crippen LogP contribution in [0, 0.1) is 6.92 Å². The lowest BCUT2D eigenvalue weighted by Gasteiger charge is -2.13. The summed E-state index contributed by atoms with van der Waals surface area (Å²) in [6.07, 6.45) is 0. The Balaban J connectivity index is 1.11. The Morgan fingerprint density at radius 3 is 1.80 bits per heavy atom. The molecule has 61 heavy (non-hydrogen) atoms. The molecule has 0 spiro atoms. The normalized spacial score (nSPS) is 12.0. The molecule has 0 aliphatic carbocycles. The SMILES string of the molecule is Cc1c(-c2ccc(-n3c4ccccc4c4ccc5c6ccccc6n(-c6nc(-c7ccccc7)nc(-c7cccc8c7oc7ccccc78)n6)c5c43)cc2)sc2ccccc12. The number of hydrogen-bond acceptors (Lipinski definition) is 5. The number of nitrogens with zero attached hydrogens (tertiary/aromatic N) is 5. The molecule has 0 amide bonds. The quantitative estimate of drug-likeness (QED) is 0.174. The fraction of sp³-hybridized carbons (Fsp3) is 0.0185. The van der Waals surface area contributed by atoms with E-state index in [9.17, 15) is 0 Å². The third-order valence-corrected chi connectivity index (χ3v) is 13.5. The summed E-state index contributed by atoms with van der Waals surface area (Å²) in [4.78, 5) is 17.2. The smallest absolute Gasteiger partial charge is 0.238 e. The van der Waals surface area contributed by atoms with Crippen molar-refractivity contribution in [2.45, 2.75) is 6.92 Å². The summed E-state index contributed by atoms with van der Waals surface area (Å²) in [5, 5.41) is 7.96. The molecule has 5 heterocycles. The first-order valence-corrected chi connectivity index (χ1v) is 21.3. The second-order valence-electron chi connectivity index (χ2n) is 15.6. The van der Waals surface area contributed by atoms with Crippen molar-refractivity contribution in [2.75, 3.05) is 0 Å². The van der Waals surface area contributed by atoms with E-state index in [1.165, 1.54) is 31.5 Å². The van der Waals surface area contributed by atoms with Crippen LogP contribution in [0.5, 0.6) is 0 Å². The lowest BCUT2D eigenvalue weighted by atomic mass is 10.1. The van der Waals surface area contributed by atoms with E-state index in [1.807, 2.05) is 53.8 Å². The van der Waals surface area contributed by atoms with Crippen LogP contribution in [-0.4, -0.2) is 24.1 Å². The second kappa shape index (κ2) is 13.1. The van der Waals surface area contributed by atoms with Gasteiger partial charge >= 0.3 is 0 Å². The molecule has 0 aliphatic rings. The highest BCUT2D eigenvalue weighted by Crippen LogP contribution is 2.43. The first kappa shape index (κ1) is 34.0. The average molecular weight is 800 g/mol. The summed E-state index contributed by atoms with van der Waals surface area (Å²) >= 11 is 1.85. The summed E-state index contributed by atoms with van der Waals surface area (Å²) in [5.74, 6) is 1.65. The van der Waals surface area contributed by atoms with E-state index in [0.717, 1.165) is 77.0 Å². The van der Waals surface area contributed by atoms with Gasteiger partial charge in [0.2, 0.25) is 5.95 Å². The number of fused-ring (bicyclic) bond motifs is 11. The largest absolute Gasteiger partial charge is 0.455 e. The molecule has 7 heteroatoms. The van der Waals surface area contributed by atoms with Gasteiger partial charge < -0.3 is 8.98 Å². The molecule has 5 aromatic heterocycles. The average Bonchev–Trinajstić information content (AvgIpc) is 4.07. The molecule has 0 radical (unpaired) electrons. The van der Waals surface area contributed by atoms with E-state index in [2.05, 4.69) is 156 Å². The van der Waals surface area contributed by atoms with E-state index in [-0.39, 0.29) is 0 Å². The van der Waals surface area contributed by atoms with Crippen LogP contribution in [-0.2, 0) is 0 Å². The number of para-hydroxylation sites is 4. The van der Waals surface area contributed by atoms with E-state index >= 15 is 0 Å². The van der Waals surface area contributed by atoms with Gasteiger partial charge in [-0.25, -0.2) is 4.98 Å². The molecule has 8 aromatic carbocycles. The van der Waals surface area contributed by atoms with Crippen LogP contribution in [0.1, 0.15) is 5.56 Å². The number of aryl methyl sites for hydroxylation is 1. The van der Waals surface area contributed by atoms with Gasteiger partial charge in [-0.1, -0.05) is 140 Å². The summed E-state index contributed by atoms with van der Waals surface area (Å²) in [5.41, 5.74) is 11.2. The van der Waals surface area contributed by atoms with Gasteiger partial charge in [-0.05, 0) is 65.9 Å². The maximum absolute atomic E-state index is 6.56. The van der Waals surface area contributed by atoms with Crippen molar-refractivity contribution in [3.05, 3.63) is 188 Å². The predicted octanol–water partition coefficient (Wildman–Crippen LogP) is 14.5. The van der Waals surface area contributed by atoms with Crippen LogP contribution < -0.4 is 0 Å². The first-order chi connectivity index (χ1) is 30.2. The molecule has 6 nitrogen and oxygen atoms in total. The molecule has 0 fully saturated rings. The fourth-order valence-electron chi connectivity index (χ4n) is 9.41. The van der Waals surface area contributed by atoms with Gasteiger partial charge in [-0.2, -0.15) is 9.97 Å². The minimum Gasteiger partial charge on any atom is -0.455 e. The van der Waals surface area contributed by atoms with Gasteiger partial charge in [0.15, 0.2) is 11.6 Å². The van der Waals surface area contributed by atoms with Crippen molar-refractivity contribution in [1.29, 1.82) is 0 Å². The Morgan fingerprint density at radius 2 is 1.05 bits per heavy atom. The van der Waals surface area contributed by atoms with Crippen LogP contribution in [0.3, 0.4) is 0 Å². The van der Waals surface area contributed by atoms with Crippen molar-refractivity contribution < 1.29 is 4.42 Å². The Bertz CT molecular complexity index is 3890. The number of thiophene rings is 1. The van der Waals surface area contributed by atoms with Gasteiger partial charge in [-0.15, -0.1) is 11.3 Å².